The van der Waals surface area contributed by atoms with E-state index in [1.54, 1.807) is 33.5 Å². The van der Waals surface area contributed by atoms with Gasteiger partial charge >= 0.3 is 0 Å². The molecule has 0 radical (unpaired) electrons. The Kier molecular flexibility index (Phi) is 11.8. The number of fused-ring (bicyclic) bond motifs is 3. The van der Waals surface area contributed by atoms with Gasteiger partial charge in [0.2, 0.25) is 23.0 Å². The van der Waals surface area contributed by atoms with Crippen molar-refractivity contribution in [2.75, 3.05) is 59.4 Å². The Bertz CT molecular complexity index is 1690. The molecule has 2 atom stereocenters. The van der Waals surface area contributed by atoms with E-state index in [-0.39, 0.29) is 23.2 Å². The normalized spacial score (nSPS) is 16.6. The van der Waals surface area contributed by atoms with Crippen LogP contribution in [0.1, 0.15) is 56.3 Å². The molecule has 1 fully saturated rings. The molecular weight excluding hydrogens is 622 g/mol. The van der Waals surface area contributed by atoms with Crippen molar-refractivity contribution >= 4 is 17.5 Å². The maximum atomic E-state index is 14.0. The molecule has 1 aromatic heterocycles. The molecule has 5 rings (SSSR count). The van der Waals surface area contributed by atoms with Gasteiger partial charge < -0.3 is 29.7 Å². The van der Waals surface area contributed by atoms with Gasteiger partial charge in [-0.2, -0.15) is 0 Å². The zero-order valence-electron chi connectivity index (χ0n) is 29.5. The molecule has 1 aliphatic carbocycles. The van der Waals surface area contributed by atoms with Crippen LogP contribution in [0.2, 0.25) is 0 Å². The molecule has 1 aliphatic heterocycles. The molecule has 2 unspecified atom stereocenters. The molecule has 2 N–H and O–H groups in total. The Hall–Kier alpha value is -4.64. The van der Waals surface area contributed by atoms with Crippen molar-refractivity contribution in [2.24, 2.45) is 5.92 Å². The highest BCUT2D eigenvalue weighted by Gasteiger charge is 2.31. The molecule has 2 amide bonds. The third-order valence-electron chi connectivity index (χ3n) is 9.40. The fraction of sp³-hybridized carbons (Fsp3) is 0.474. The standard InChI is InChI=1S/C38H49N5O6/c1-24(2)21-32(38(46)43-19-17-42(18-20-43)16-13-26-11-14-39-15-12-26)41-31-10-8-28-29(23-33(31)45)30(40-25(3)44)9-7-27-22-34(47-4)36(48-5)37(49-6)35(27)28/h8,10-12,14-15,22-24,30,32H,7,9,13,16-21H2,1-6H3,(H,40,44)(H,41,45). The topological polar surface area (TPSA) is 122 Å². The summed E-state index contributed by atoms with van der Waals surface area (Å²) in [6, 6.07) is 10.2. The minimum atomic E-state index is -0.574. The fourth-order valence-corrected chi connectivity index (χ4v) is 6.96. The van der Waals surface area contributed by atoms with E-state index in [1.807, 2.05) is 41.6 Å². The Balaban J connectivity index is 1.45. The minimum absolute atomic E-state index is 0.00470. The largest absolute Gasteiger partial charge is 0.493 e. The van der Waals surface area contributed by atoms with Gasteiger partial charge in [0.15, 0.2) is 11.5 Å². The number of pyridine rings is 1. The van der Waals surface area contributed by atoms with Crippen LogP contribution in [-0.2, 0) is 22.4 Å². The highest BCUT2D eigenvalue weighted by atomic mass is 16.5. The summed E-state index contributed by atoms with van der Waals surface area (Å²) in [5.74, 6) is 1.49. The molecule has 11 heteroatoms. The number of piperazine rings is 1. The van der Waals surface area contributed by atoms with E-state index < -0.39 is 12.1 Å². The van der Waals surface area contributed by atoms with Gasteiger partial charge in [-0.3, -0.25) is 24.3 Å². The van der Waals surface area contributed by atoms with Gasteiger partial charge in [-0.05, 0) is 84.2 Å². The first-order valence-electron chi connectivity index (χ1n) is 17.1. The van der Waals surface area contributed by atoms with E-state index >= 15 is 0 Å². The molecule has 2 heterocycles. The first kappa shape index (κ1) is 35.7. The summed E-state index contributed by atoms with van der Waals surface area (Å²) in [4.78, 5) is 48.7. The lowest BCUT2D eigenvalue weighted by atomic mass is 9.95. The second kappa shape index (κ2) is 16.2. The summed E-state index contributed by atoms with van der Waals surface area (Å²) in [5.41, 5.74) is 4.45. The highest BCUT2D eigenvalue weighted by molar-refractivity contribution is 5.86. The number of methoxy groups -OCH3 is 3. The molecule has 1 saturated heterocycles. The van der Waals surface area contributed by atoms with E-state index in [1.165, 1.54) is 12.5 Å². The van der Waals surface area contributed by atoms with E-state index in [4.69, 9.17) is 14.2 Å². The number of anilines is 1. The Morgan fingerprint density at radius 1 is 0.959 bits per heavy atom. The molecule has 0 saturated carbocycles. The van der Waals surface area contributed by atoms with E-state index in [0.29, 0.717) is 60.9 Å². The number of hydrogen-bond donors (Lipinski definition) is 2. The second-order valence-corrected chi connectivity index (χ2v) is 13.2. The lowest BCUT2D eigenvalue weighted by Crippen LogP contribution is -2.53. The number of ether oxygens (including phenoxy) is 3. The van der Waals surface area contributed by atoms with E-state index in [2.05, 4.69) is 34.4 Å². The SMILES string of the molecule is COc1cc2c(c(OC)c1OC)-c1ccc(NC(CC(C)C)C(=O)N3CCN(CCc4ccncc4)CC3)c(=O)cc1C(NC(C)=O)CC2. The quantitative estimate of drug-likeness (QED) is 0.287. The number of carbonyl (C=O) groups is 2. The zero-order chi connectivity index (χ0) is 35.1. The minimum Gasteiger partial charge on any atom is -0.493 e. The predicted octanol–water partition coefficient (Wildman–Crippen LogP) is 4.47. The summed E-state index contributed by atoms with van der Waals surface area (Å²) in [7, 11) is 4.71. The number of aromatic nitrogens is 1. The Morgan fingerprint density at radius 3 is 2.31 bits per heavy atom. The first-order valence-corrected chi connectivity index (χ1v) is 17.1. The molecule has 0 spiro atoms. The molecule has 11 nitrogen and oxygen atoms in total. The number of carbonyl (C=O) groups excluding carboxylic acids is 2. The average molecular weight is 672 g/mol. The summed E-state index contributed by atoms with van der Waals surface area (Å²) >= 11 is 0. The van der Waals surface area contributed by atoms with Crippen molar-refractivity contribution in [1.29, 1.82) is 0 Å². The third-order valence-corrected chi connectivity index (χ3v) is 9.40. The van der Waals surface area contributed by atoms with Gasteiger partial charge in [-0.1, -0.05) is 19.9 Å². The summed E-state index contributed by atoms with van der Waals surface area (Å²) in [6.45, 7) is 9.41. The van der Waals surface area contributed by atoms with Crippen LogP contribution in [0.25, 0.3) is 11.1 Å². The maximum Gasteiger partial charge on any atom is 0.245 e. The van der Waals surface area contributed by atoms with Crippen molar-refractivity contribution in [2.45, 2.75) is 58.5 Å². The molecular formula is C38H49N5O6. The molecule has 262 valence electrons. The van der Waals surface area contributed by atoms with Gasteiger partial charge in [0.05, 0.1) is 33.1 Å². The van der Waals surface area contributed by atoms with Crippen LogP contribution in [-0.4, -0.2) is 86.7 Å². The summed E-state index contributed by atoms with van der Waals surface area (Å²) in [6.07, 6.45) is 6.31. The van der Waals surface area contributed by atoms with Crippen LogP contribution >= 0.6 is 0 Å². The lowest BCUT2D eigenvalue weighted by Gasteiger charge is -2.37. The fourth-order valence-electron chi connectivity index (χ4n) is 6.96. The molecule has 3 aromatic rings. The lowest BCUT2D eigenvalue weighted by molar-refractivity contribution is -0.134. The number of hydrogen-bond acceptors (Lipinski definition) is 9. The number of benzene rings is 1. The van der Waals surface area contributed by atoms with E-state index in [0.717, 1.165) is 42.7 Å². The van der Waals surface area contributed by atoms with E-state index in [9.17, 15) is 14.4 Å². The van der Waals surface area contributed by atoms with Crippen LogP contribution in [0.5, 0.6) is 17.2 Å². The molecule has 0 bridgehead atoms. The number of amides is 2. The molecule has 2 aliphatic rings. The first-order chi connectivity index (χ1) is 23.6. The summed E-state index contributed by atoms with van der Waals surface area (Å²) < 4.78 is 17.3. The third kappa shape index (κ3) is 8.33. The molecule has 49 heavy (non-hydrogen) atoms. The Labute approximate surface area is 289 Å². The predicted molar refractivity (Wildman–Crippen MR) is 191 cm³/mol. The monoisotopic (exact) mass is 671 g/mol. The van der Waals surface area contributed by atoms with Gasteiger partial charge in [0, 0.05) is 57.6 Å². The number of aryl methyl sites for hydroxylation is 1. The van der Waals surface area contributed by atoms with Crippen molar-refractivity contribution in [1.82, 2.24) is 20.1 Å². The van der Waals surface area contributed by atoms with Crippen molar-refractivity contribution in [3.05, 3.63) is 75.7 Å². The van der Waals surface area contributed by atoms with Crippen LogP contribution < -0.4 is 30.3 Å². The van der Waals surface area contributed by atoms with Crippen molar-refractivity contribution in [3.8, 4) is 28.4 Å². The zero-order valence-corrected chi connectivity index (χ0v) is 29.5. The van der Waals surface area contributed by atoms with Crippen LogP contribution in [0.15, 0.2) is 53.6 Å². The van der Waals surface area contributed by atoms with Crippen LogP contribution in [0.3, 0.4) is 0 Å². The van der Waals surface area contributed by atoms with Gasteiger partial charge in [-0.15, -0.1) is 0 Å². The maximum absolute atomic E-state index is 14.0. The van der Waals surface area contributed by atoms with Gasteiger partial charge in [-0.25, -0.2) is 0 Å². The van der Waals surface area contributed by atoms with Gasteiger partial charge in [0.25, 0.3) is 0 Å². The van der Waals surface area contributed by atoms with Gasteiger partial charge in [0.1, 0.15) is 6.04 Å². The number of nitrogens with zero attached hydrogens (tertiary/aromatic N) is 3. The number of nitrogens with one attached hydrogen (secondary N) is 2. The molecule has 2 aromatic carbocycles. The van der Waals surface area contributed by atoms with Crippen molar-refractivity contribution < 1.29 is 23.8 Å². The number of rotatable bonds is 12. The van der Waals surface area contributed by atoms with Crippen LogP contribution in [0.4, 0.5) is 5.69 Å². The second-order valence-electron chi connectivity index (χ2n) is 13.2. The highest BCUT2D eigenvalue weighted by Crippen LogP contribution is 2.50. The van der Waals surface area contributed by atoms with Crippen molar-refractivity contribution in [3.63, 3.8) is 0 Å². The average Bonchev–Trinajstić information content (AvgIpc) is 3.34. The van der Waals surface area contributed by atoms with Crippen LogP contribution in [0, 0.1) is 5.92 Å². The smallest absolute Gasteiger partial charge is 0.245 e. The summed E-state index contributed by atoms with van der Waals surface area (Å²) in [5, 5.41) is 6.40. The Morgan fingerprint density at radius 2 is 1.67 bits per heavy atom.